The summed E-state index contributed by atoms with van der Waals surface area (Å²) in [6.07, 6.45) is 1.14. The van der Waals surface area contributed by atoms with Crippen LogP contribution in [0.15, 0.2) is 30.5 Å². The van der Waals surface area contributed by atoms with Crippen molar-refractivity contribution in [3.05, 3.63) is 36.0 Å². The second-order valence-corrected chi connectivity index (χ2v) is 6.23. The number of anilines is 1. The van der Waals surface area contributed by atoms with Gasteiger partial charge in [-0.05, 0) is 12.1 Å². The first-order chi connectivity index (χ1) is 13.4. The van der Waals surface area contributed by atoms with Crippen molar-refractivity contribution in [2.24, 2.45) is 0 Å². The molecular weight excluding hydrogens is 372 g/mol. The molecule has 1 aliphatic heterocycles. The number of hydrogen-bond acceptors (Lipinski definition) is 5. The minimum Gasteiger partial charge on any atom is -0.343 e. The molecule has 3 amide bonds. The zero-order valence-corrected chi connectivity index (χ0v) is 14.5. The number of pyridine rings is 1. The van der Waals surface area contributed by atoms with Gasteiger partial charge in [-0.1, -0.05) is 12.1 Å². The van der Waals surface area contributed by atoms with Gasteiger partial charge >= 0.3 is 0 Å². The minimum absolute atomic E-state index is 0.205. The topological polar surface area (TPSA) is 115 Å². The fourth-order valence-corrected chi connectivity index (χ4v) is 3.10. The van der Waals surface area contributed by atoms with Gasteiger partial charge in [0.25, 0.3) is 11.8 Å². The van der Waals surface area contributed by atoms with Gasteiger partial charge in [0.15, 0.2) is 0 Å². The summed E-state index contributed by atoms with van der Waals surface area (Å²) in [7, 11) is 0. The lowest BCUT2D eigenvalue weighted by Crippen LogP contribution is -2.43. The van der Waals surface area contributed by atoms with E-state index >= 15 is 0 Å². The molecule has 144 valence electrons. The first-order valence-corrected chi connectivity index (χ1v) is 8.29. The molecule has 1 unspecified atom stereocenters. The van der Waals surface area contributed by atoms with Crippen LogP contribution in [0.1, 0.15) is 16.8 Å². The van der Waals surface area contributed by atoms with Crippen LogP contribution in [0.3, 0.4) is 0 Å². The Kier molecular flexibility index (Phi) is 5.17. The van der Waals surface area contributed by atoms with Crippen LogP contribution in [0.4, 0.5) is 14.5 Å². The number of para-hydroxylation sites is 1. The Labute approximate surface area is 158 Å². The zero-order chi connectivity index (χ0) is 20.3. The molecule has 1 aromatic carbocycles. The number of aromatic nitrogens is 1. The molecule has 0 bridgehead atoms. The number of alkyl halides is 2. The Balaban J connectivity index is 1.75. The van der Waals surface area contributed by atoms with Crippen LogP contribution in [-0.4, -0.2) is 53.2 Å². The van der Waals surface area contributed by atoms with E-state index in [1.54, 1.807) is 24.3 Å². The highest BCUT2D eigenvalue weighted by Gasteiger charge is 2.47. The number of hydrogen-bond donors (Lipinski definition) is 2. The third-order valence-corrected chi connectivity index (χ3v) is 4.37. The molecule has 28 heavy (non-hydrogen) atoms. The molecule has 8 nitrogen and oxygen atoms in total. The van der Waals surface area contributed by atoms with Gasteiger partial charge in [0.1, 0.15) is 6.04 Å². The number of carbonyl (C=O) groups is 3. The maximum Gasteiger partial charge on any atom is 0.268 e. The molecule has 1 fully saturated rings. The molecule has 1 saturated heterocycles. The van der Waals surface area contributed by atoms with E-state index in [4.69, 9.17) is 5.26 Å². The van der Waals surface area contributed by atoms with Crippen LogP contribution < -0.4 is 10.6 Å². The van der Waals surface area contributed by atoms with Gasteiger partial charge < -0.3 is 15.5 Å². The summed E-state index contributed by atoms with van der Waals surface area (Å²) in [4.78, 5) is 40.3. The van der Waals surface area contributed by atoms with Crippen molar-refractivity contribution in [3.8, 4) is 6.07 Å². The van der Waals surface area contributed by atoms with Crippen molar-refractivity contribution in [1.29, 1.82) is 5.26 Å². The monoisotopic (exact) mass is 387 g/mol. The molecule has 1 aromatic heterocycles. The fraction of sp³-hybridized carbons (Fsp3) is 0.278. The summed E-state index contributed by atoms with van der Waals surface area (Å²) < 4.78 is 26.9. The lowest BCUT2D eigenvalue weighted by atomic mass is 10.1. The van der Waals surface area contributed by atoms with Gasteiger partial charge in [0.05, 0.1) is 35.9 Å². The number of halogens is 2. The summed E-state index contributed by atoms with van der Waals surface area (Å²) in [5, 5.41) is 14.3. The Bertz CT molecular complexity index is 989. The van der Waals surface area contributed by atoms with Gasteiger partial charge in [0, 0.05) is 18.0 Å². The fourth-order valence-electron chi connectivity index (χ4n) is 3.10. The summed E-state index contributed by atoms with van der Waals surface area (Å²) in [5.74, 6) is -4.49. The summed E-state index contributed by atoms with van der Waals surface area (Å²) in [5.41, 5.74) is 1.00. The number of rotatable bonds is 5. The maximum atomic E-state index is 13.5. The third kappa shape index (κ3) is 3.73. The molecule has 3 rings (SSSR count). The number of benzene rings is 1. The van der Waals surface area contributed by atoms with Gasteiger partial charge in [-0.2, -0.15) is 5.26 Å². The van der Waals surface area contributed by atoms with E-state index in [2.05, 4.69) is 15.6 Å². The van der Waals surface area contributed by atoms with E-state index in [1.165, 1.54) is 12.3 Å². The smallest absolute Gasteiger partial charge is 0.268 e. The van der Waals surface area contributed by atoms with Gasteiger partial charge in [-0.25, -0.2) is 8.78 Å². The second kappa shape index (κ2) is 7.56. The van der Waals surface area contributed by atoms with Crippen molar-refractivity contribution < 1.29 is 23.2 Å². The van der Waals surface area contributed by atoms with Gasteiger partial charge in [-0.15, -0.1) is 0 Å². The van der Waals surface area contributed by atoms with Crippen LogP contribution in [0.2, 0.25) is 0 Å². The molecule has 1 aliphatic rings. The molecule has 1 atom stereocenters. The number of likely N-dealkylation sites (tertiary alicyclic amines) is 1. The quantitative estimate of drug-likeness (QED) is 0.751. The van der Waals surface area contributed by atoms with Crippen LogP contribution in [0.5, 0.6) is 0 Å². The lowest BCUT2D eigenvalue weighted by Gasteiger charge is -2.19. The average molecular weight is 387 g/mol. The predicted molar refractivity (Wildman–Crippen MR) is 94.4 cm³/mol. The van der Waals surface area contributed by atoms with E-state index < -0.39 is 43.3 Å². The normalized spacial score (nSPS) is 17.8. The van der Waals surface area contributed by atoms with E-state index in [-0.39, 0.29) is 5.56 Å². The molecule has 2 heterocycles. The van der Waals surface area contributed by atoms with Crippen molar-refractivity contribution in [2.75, 3.05) is 18.4 Å². The number of carbonyl (C=O) groups excluding carboxylic acids is 3. The first kappa shape index (κ1) is 19.2. The zero-order valence-electron chi connectivity index (χ0n) is 14.5. The number of nitrogens with one attached hydrogen (secondary N) is 2. The average Bonchev–Trinajstić information content (AvgIpc) is 3.00. The highest BCUT2D eigenvalue weighted by Crippen LogP contribution is 2.31. The van der Waals surface area contributed by atoms with Crippen molar-refractivity contribution in [3.63, 3.8) is 0 Å². The third-order valence-electron chi connectivity index (χ3n) is 4.37. The van der Waals surface area contributed by atoms with Crippen molar-refractivity contribution in [2.45, 2.75) is 18.4 Å². The Morgan fingerprint density at radius 3 is 2.89 bits per heavy atom. The number of amides is 3. The van der Waals surface area contributed by atoms with E-state index in [0.29, 0.717) is 23.0 Å². The molecule has 0 radical (unpaired) electrons. The molecule has 2 aromatic rings. The van der Waals surface area contributed by atoms with E-state index in [0.717, 1.165) is 4.90 Å². The maximum absolute atomic E-state index is 13.5. The summed E-state index contributed by atoms with van der Waals surface area (Å²) in [6.45, 7) is -1.37. The second-order valence-electron chi connectivity index (χ2n) is 6.23. The number of nitrogens with zero attached hydrogens (tertiary/aromatic N) is 3. The van der Waals surface area contributed by atoms with E-state index in [1.807, 2.05) is 0 Å². The SMILES string of the molecule is N#CC1CC(F)(F)CN1C(=O)CNC(=O)c1ccnc2c(NC=O)cccc12. The molecular formula is C18H15F2N5O3. The van der Waals surface area contributed by atoms with Gasteiger partial charge in [-0.3, -0.25) is 19.4 Å². The van der Waals surface area contributed by atoms with Crippen LogP contribution in [0, 0.1) is 11.3 Å². The van der Waals surface area contributed by atoms with Gasteiger partial charge in [0.2, 0.25) is 12.3 Å². The largest absolute Gasteiger partial charge is 0.343 e. The number of fused-ring (bicyclic) bond motifs is 1. The number of nitriles is 1. The standard InChI is InChI=1S/C18H15F2N5O3/c19-18(20)6-11(7-21)25(9-18)15(27)8-23-17(28)13-4-5-22-16-12(13)2-1-3-14(16)24-10-26/h1-5,10-11H,6,8-9H2,(H,23,28)(H,24,26). The van der Waals surface area contributed by atoms with Crippen LogP contribution in [0.25, 0.3) is 10.9 Å². The Morgan fingerprint density at radius 2 is 2.18 bits per heavy atom. The highest BCUT2D eigenvalue weighted by molar-refractivity contribution is 6.09. The molecule has 0 aliphatic carbocycles. The van der Waals surface area contributed by atoms with Crippen LogP contribution >= 0.6 is 0 Å². The molecule has 0 spiro atoms. The lowest BCUT2D eigenvalue weighted by molar-refractivity contribution is -0.131. The van der Waals surface area contributed by atoms with Crippen molar-refractivity contribution in [1.82, 2.24) is 15.2 Å². The van der Waals surface area contributed by atoms with Crippen LogP contribution in [-0.2, 0) is 9.59 Å². The summed E-state index contributed by atoms with van der Waals surface area (Å²) >= 11 is 0. The highest BCUT2D eigenvalue weighted by atomic mass is 19.3. The molecule has 0 saturated carbocycles. The Morgan fingerprint density at radius 1 is 1.39 bits per heavy atom. The minimum atomic E-state index is -3.12. The summed E-state index contributed by atoms with van der Waals surface area (Å²) in [6, 6.07) is 6.77. The first-order valence-electron chi connectivity index (χ1n) is 8.29. The Hall–Kier alpha value is -3.61. The van der Waals surface area contributed by atoms with E-state index in [9.17, 15) is 23.2 Å². The molecule has 2 N–H and O–H groups in total. The predicted octanol–water partition coefficient (Wildman–Crippen LogP) is 1.29. The molecule has 10 heteroatoms. The van der Waals surface area contributed by atoms with Crippen molar-refractivity contribution >= 4 is 34.8 Å².